The maximum atomic E-state index is 4.72. The highest BCUT2D eigenvalue weighted by molar-refractivity contribution is 7.17. The average Bonchev–Trinajstić information content (AvgIpc) is 3.31. The third kappa shape index (κ3) is 2.42. The van der Waals surface area contributed by atoms with Crippen molar-refractivity contribution in [1.29, 1.82) is 0 Å². The van der Waals surface area contributed by atoms with Crippen molar-refractivity contribution in [1.82, 2.24) is 25.5 Å². The normalized spacial score (nSPS) is 25.5. The van der Waals surface area contributed by atoms with E-state index in [9.17, 15) is 0 Å². The Balaban J connectivity index is 1.46. The third-order valence-electron chi connectivity index (χ3n) is 4.87. The summed E-state index contributed by atoms with van der Waals surface area (Å²) in [6.45, 7) is 1.98. The van der Waals surface area contributed by atoms with E-state index in [1.54, 1.807) is 11.3 Å². The molecule has 124 valence electrons. The van der Waals surface area contributed by atoms with E-state index in [2.05, 4.69) is 31.1 Å². The average molecular weight is 341 g/mol. The van der Waals surface area contributed by atoms with E-state index in [1.807, 2.05) is 24.4 Å². The number of thiophene rings is 1. The second-order valence-corrected chi connectivity index (χ2v) is 7.54. The molecule has 8 heteroatoms. The van der Waals surface area contributed by atoms with E-state index < -0.39 is 0 Å². The molecule has 0 aromatic carbocycles. The molecule has 3 aromatic heterocycles. The van der Waals surface area contributed by atoms with Crippen molar-refractivity contribution in [2.75, 3.05) is 10.6 Å². The quantitative estimate of drug-likeness (QED) is 0.583. The molecule has 2 bridgehead atoms. The van der Waals surface area contributed by atoms with Gasteiger partial charge in [0.15, 0.2) is 11.6 Å². The molecule has 3 unspecified atom stereocenters. The molecule has 0 aliphatic carbocycles. The third-order valence-corrected chi connectivity index (χ3v) is 5.78. The van der Waals surface area contributed by atoms with Crippen LogP contribution in [0.2, 0.25) is 0 Å². The predicted octanol–water partition coefficient (Wildman–Crippen LogP) is 2.77. The first-order valence-corrected chi connectivity index (χ1v) is 9.19. The molecule has 7 nitrogen and oxygen atoms in total. The second-order valence-electron chi connectivity index (χ2n) is 6.63. The Morgan fingerprint density at radius 1 is 1.29 bits per heavy atom. The van der Waals surface area contributed by atoms with E-state index in [0.717, 1.165) is 34.0 Å². The molecule has 2 saturated heterocycles. The van der Waals surface area contributed by atoms with Crippen LogP contribution in [0, 0.1) is 6.92 Å². The van der Waals surface area contributed by atoms with Gasteiger partial charge in [-0.2, -0.15) is 10.1 Å². The van der Waals surface area contributed by atoms with Crippen LogP contribution >= 0.6 is 11.3 Å². The largest absolute Gasteiger partial charge is 0.350 e. The van der Waals surface area contributed by atoms with E-state index >= 15 is 0 Å². The van der Waals surface area contributed by atoms with Gasteiger partial charge in [0.25, 0.3) is 0 Å². The molecular formula is C16H19N7S. The zero-order valence-electron chi connectivity index (χ0n) is 13.3. The summed E-state index contributed by atoms with van der Waals surface area (Å²) in [6, 6.07) is 5.62. The van der Waals surface area contributed by atoms with Crippen molar-refractivity contribution < 1.29 is 0 Å². The van der Waals surface area contributed by atoms with Crippen LogP contribution in [-0.4, -0.2) is 38.3 Å². The van der Waals surface area contributed by atoms with Gasteiger partial charge in [-0.15, -0.1) is 11.3 Å². The van der Waals surface area contributed by atoms with Crippen LogP contribution in [0.3, 0.4) is 0 Å². The monoisotopic (exact) mass is 341 g/mol. The van der Waals surface area contributed by atoms with Crippen molar-refractivity contribution in [3.05, 3.63) is 23.2 Å². The first-order valence-electron chi connectivity index (χ1n) is 8.31. The Morgan fingerprint density at radius 3 is 3.00 bits per heavy atom. The Morgan fingerprint density at radius 2 is 2.25 bits per heavy atom. The predicted molar refractivity (Wildman–Crippen MR) is 96.0 cm³/mol. The van der Waals surface area contributed by atoms with E-state index in [4.69, 9.17) is 4.98 Å². The highest BCUT2D eigenvalue weighted by atomic mass is 32.1. The van der Waals surface area contributed by atoms with E-state index in [1.165, 1.54) is 12.8 Å². The Labute approximate surface area is 143 Å². The zero-order valence-corrected chi connectivity index (χ0v) is 14.2. The molecule has 4 N–H and O–H groups in total. The van der Waals surface area contributed by atoms with Gasteiger partial charge in [0.1, 0.15) is 0 Å². The molecule has 2 aliphatic heterocycles. The van der Waals surface area contributed by atoms with Crippen molar-refractivity contribution >= 4 is 39.1 Å². The summed E-state index contributed by atoms with van der Waals surface area (Å²) < 4.78 is 1.05. The number of aromatic amines is 1. The number of aromatic nitrogens is 4. The molecule has 3 aromatic rings. The molecule has 3 atom stereocenters. The molecule has 0 amide bonds. The fourth-order valence-electron chi connectivity index (χ4n) is 3.77. The van der Waals surface area contributed by atoms with Gasteiger partial charge in [0.2, 0.25) is 5.95 Å². The number of nitrogens with zero attached hydrogens (tertiary/aromatic N) is 3. The van der Waals surface area contributed by atoms with Gasteiger partial charge in [0.05, 0.1) is 10.2 Å². The highest BCUT2D eigenvalue weighted by Gasteiger charge is 2.39. The molecular weight excluding hydrogens is 322 g/mol. The van der Waals surface area contributed by atoms with Crippen molar-refractivity contribution in [3.63, 3.8) is 0 Å². The zero-order chi connectivity index (χ0) is 16.1. The summed E-state index contributed by atoms with van der Waals surface area (Å²) in [5.41, 5.74) is 1.98. The Kier molecular flexibility index (Phi) is 3.20. The SMILES string of the molecule is Cc1cc(Nc2nc(NC3CC4CCC3N4)nc3ccsc23)n[nH]1. The van der Waals surface area contributed by atoms with Crippen LogP contribution in [0.5, 0.6) is 0 Å². The Hall–Kier alpha value is -2.19. The molecule has 0 saturated carbocycles. The number of anilines is 3. The van der Waals surface area contributed by atoms with Crippen LogP contribution in [0.25, 0.3) is 10.2 Å². The molecule has 24 heavy (non-hydrogen) atoms. The van der Waals surface area contributed by atoms with Crippen LogP contribution in [-0.2, 0) is 0 Å². The van der Waals surface area contributed by atoms with Crippen LogP contribution in [0.15, 0.2) is 17.5 Å². The fourth-order valence-corrected chi connectivity index (χ4v) is 4.54. The number of rotatable bonds is 4. The topological polar surface area (TPSA) is 90.6 Å². The lowest BCUT2D eigenvalue weighted by atomic mass is 9.96. The first kappa shape index (κ1) is 14.2. The van der Waals surface area contributed by atoms with Crippen molar-refractivity contribution in [2.24, 2.45) is 0 Å². The van der Waals surface area contributed by atoms with Gasteiger partial charge in [0, 0.05) is 29.9 Å². The minimum absolute atomic E-state index is 0.417. The molecule has 0 spiro atoms. The van der Waals surface area contributed by atoms with E-state index in [0.29, 0.717) is 24.1 Å². The summed E-state index contributed by atoms with van der Waals surface area (Å²) >= 11 is 1.64. The molecule has 0 radical (unpaired) electrons. The molecule has 2 fully saturated rings. The lowest BCUT2D eigenvalue weighted by Gasteiger charge is -2.21. The number of hydrogen-bond donors (Lipinski definition) is 4. The summed E-state index contributed by atoms with van der Waals surface area (Å²) in [6.07, 6.45) is 3.68. The van der Waals surface area contributed by atoms with Gasteiger partial charge in [-0.05, 0) is 37.6 Å². The molecule has 5 heterocycles. The number of H-pyrrole nitrogens is 1. The summed E-state index contributed by atoms with van der Waals surface area (Å²) in [5, 5.41) is 19.7. The van der Waals surface area contributed by atoms with Gasteiger partial charge < -0.3 is 16.0 Å². The smallest absolute Gasteiger partial charge is 0.225 e. The van der Waals surface area contributed by atoms with Gasteiger partial charge in [-0.25, -0.2) is 4.98 Å². The second kappa shape index (κ2) is 5.42. The minimum atomic E-state index is 0.417. The molecule has 2 aliphatic rings. The fraction of sp³-hybridized carbons (Fsp3) is 0.438. The lowest BCUT2D eigenvalue weighted by molar-refractivity contribution is 0.525. The van der Waals surface area contributed by atoms with Crippen LogP contribution in [0.1, 0.15) is 25.0 Å². The lowest BCUT2D eigenvalue weighted by Crippen LogP contribution is -2.34. The summed E-state index contributed by atoms with van der Waals surface area (Å²) in [4.78, 5) is 9.40. The van der Waals surface area contributed by atoms with Crippen molar-refractivity contribution in [2.45, 2.75) is 44.3 Å². The summed E-state index contributed by atoms with van der Waals surface area (Å²) in [5.74, 6) is 2.27. The number of nitrogens with one attached hydrogen (secondary N) is 4. The Bertz CT molecular complexity index is 886. The number of hydrogen-bond acceptors (Lipinski definition) is 7. The van der Waals surface area contributed by atoms with Gasteiger partial charge in [-0.3, -0.25) is 5.10 Å². The number of fused-ring (bicyclic) bond motifs is 3. The van der Waals surface area contributed by atoms with Crippen LogP contribution < -0.4 is 16.0 Å². The maximum Gasteiger partial charge on any atom is 0.225 e. The minimum Gasteiger partial charge on any atom is -0.350 e. The van der Waals surface area contributed by atoms with E-state index in [-0.39, 0.29) is 0 Å². The molecule has 5 rings (SSSR count). The first-order chi connectivity index (χ1) is 11.7. The van der Waals surface area contributed by atoms with Gasteiger partial charge >= 0.3 is 0 Å². The van der Waals surface area contributed by atoms with Crippen molar-refractivity contribution in [3.8, 4) is 0 Å². The highest BCUT2D eigenvalue weighted by Crippen LogP contribution is 2.32. The number of aryl methyl sites for hydroxylation is 1. The van der Waals surface area contributed by atoms with Gasteiger partial charge in [-0.1, -0.05) is 0 Å². The standard InChI is InChI=1S/C16H19N7S/c1-8-6-13(23-22-8)20-15-14-11(4-5-24-14)18-16(21-15)19-12-7-9-2-3-10(12)17-9/h4-6,9-10,12,17H,2-3,7H2,1H3,(H3,18,19,20,21,22,23). The van der Waals surface area contributed by atoms with Crippen LogP contribution in [0.4, 0.5) is 17.6 Å². The maximum absolute atomic E-state index is 4.72. The summed E-state index contributed by atoms with van der Waals surface area (Å²) in [7, 11) is 0.